The maximum atomic E-state index is 11.7. The van der Waals surface area contributed by atoms with Crippen molar-refractivity contribution >= 4 is 29.4 Å². The summed E-state index contributed by atoms with van der Waals surface area (Å²) in [5, 5.41) is 7.19. The molecule has 0 heterocycles. The van der Waals surface area contributed by atoms with Crippen LogP contribution in [0.3, 0.4) is 0 Å². The smallest absolute Gasteiger partial charge is 0.261 e. The van der Waals surface area contributed by atoms with Crippen LogP contribution < -0.4 is 10.2 Å². The molecule has 0 atom stereocenters. The van der Waals surface area contributed by atoms with E-state index in [4.69, 9.17) is 16.4 Å². The highest BCUT2D eigenvalue weighted by Crippen LogP contribution is 2.11. The Labute approximate surface area is 146 Å². The van der Waals surface area contributed by atoms with Crippen LogP contribution in [0.15, 0.2) is 53.7 Å². The molecular formula is C18H20ClN3O2. The maximum Gasteiger partial charge on any atom is 0.261 e. The van der Waals surface area contributed by atoms with Gasteiger partial charge in [0.05, 0.1) is 6.21 Å². The summed E-state index contributed by atoms with van der Waals surface area (Å²) in [5.74, 6) is -0.241. The van der Waals surface area contributed by atoms with Gasteiger partial charge in [-0.1, -0.05) is 41.0 Å². The Balaban J connectivity index is 1.72. The highest BCUT2D eigenvalue weighted by atomic mass is 35.5. The molecule has 0 radical (unpaired) electrons. The quantitative estimate of drug-likeness (QED) is 0.619. The van der Waals surface area contributed by atoms with Crippen molar-refractivity contribution in [2.45, 2.75) is 6.54 Å². The van der Waals surface area contributed by atoms with E-state index >= 15 is 0 Å². The van der Waals surface area contributed by atoms with Gasteiger partial charge in [-0.25, -0.2) is 0 Å². The third kappa shape index (κ3) is 5.93. The second-order valence-corrected chi connectivity index (χ2v) is 5.84. The first-order chi connectivity index (χ1) is 11.5. The summed E-state index contributed by atoms with van der Waals surface area (Å²) < 4.78 is 0. The second kappa shape index (κ2) is 8.93. The number of hydrogen-bond donors (Lipinski definition) is 1. The Morgan fingerprint density at radius 3 is 2.67 bits per heavy atom. The van der Waals surface area contributed by atoms with Gasteiger partial charge in [-0.2, -0.15) is 0 Å². The molecule has 0 aromatic heterocycles. The van der Waals surface area contributed by atoms with Crippen molar-refractivity contribution in [3.05, 3.63) is 64.7 Å². The topological polar surface area (TPSA) is 53.9 Å². The Kier molecular flexibility index (Phi) is 6.63. The predicted molar refractivity (Wildman–Crippen MR) is 97.6 cm³/mol. The minimum Gasteiger partial charge on any atom is -0.386 e. The van der Waals surface area contributed by atoms with Gasteiger partial charge in [-0.3, -0.25) is 4.79 Å². The first-order valence-electron chi connectivity index (χ1n) is 7.48. The van der Waals surface area contributed by atoms with E-state index in [9.17, 15) is 4.79 Å². The Morgan fingerprint density at radius 1 is 1.25 bits per heavy atom. The second-order valence-electron chi connectivity index (χ2n) is 5.40. The van der Waals surface area contributed by atoms with Crippen molar-refractivity contribution in [2.24, 2.45) is 5.16 Å². The zero-order valence-electron chi connectivity index (χ0n) is 13.7. The number of oxime groups is 1. The lowest BCUT2D eigenvalue weighted by Gasteiger charge is -2.11. The van der Waals surface area contributed by atoms with Gasteiger partial charge in [0.15, 0.2) is 6.61 Å². The Bertz CT molecular complexity index is 700. The van der Waals surface area contributed by atoms with E-state index in [-0.39, 0.29) is 12.5 Å². The van der Waals surface area contributed by atoms with Crippen molar-refractivity contribution < 1.29 is 9.63 Å². The number of nitrogens with one attached hydrogen (secondary N) is 1. The fraction of sp³-hybridized carbons (Fsp3) is 0.222. The molecule has 2 aromatic rings. The highest BCUT2D eigenvalue weighted by Gasteiger charge is 2.02. The van der Waals surface area contributed by atoms with Crippen LogP contribution in [0.25, 0.3) is 0 Å². The van der Waals surface area contributed by atoms with E-state index < -0.39 is 0 Å². The molecule has 0 saturated carbocycles. The van der Waals surface area contributed by atoms with Crippen molar-refractivity contribution in [3.8, 4) is 0 Å². The van der Waals surface area contributed by atoms with E-state index in [1.807, 2.05) is 55.4 Å². The van der Waals surface area contributed by atoms with Crippen LogP contribution in [0, 0.1) is 0 Å². The largest absolute Gasteiger partial charge is 0.386 e. The van der Waals surface area contributed by atoms with Crippen molar-refractivity contribution in [2.75, 3.05) is 25.6 Å². The van der Waals surface area contributed by atoms with Gasteiger partial charge in [-0.15, -0.1) is 0 Å². The maximum absolute atomic E-state index is 11.7. The molecule has 1 N–H and O–H groups in total. The van der Waals surface area contributed by atoms with Crippen molar-refractivity contribution in [3.63, 3.8) is 0 Å². The monoisotopic (exact) mass is 345 g/mol. The number of benzene rings is 2. The molecule has 2 rings (SSSR count). The molecule has 0 aliphatic rings. The number of carbonyl (C=O) groups is 1. The van der Waals surface area contributed by atoms with Crippen LogP contribution in [-0.2, 0) is 16.2 Å². The zero-order chi connectivity index (χ0) is 17.4. The lowest BCUT2D eigenvalue weighted by Crippen LogP contribution is -2.26. The molecule has 0 fully saturated rings. The molecule has 0 unspecified atom stereocenters. The van der Waals surface area contributed by atoms with Crippen molar-refractivity contribution in [1.82, 2.24) is 5.32 Å². The third-order valence-corrected chi connectivity index (χ3v) is 3.50. The van der Waals surface area contributed by atoms with Crippen LogP contribution in [0.2, 0.25) is 5.02 Å². The molecule has 0 aliphatic heterocycles. The number of halogens is 1. The summed E-state index contributed by atoms with van der Waals surface area (Å²) in [6.07, 6.45) is 1.57. The minimum absolute atomic E-state index is 0.132. The van der Waals surface area contributed by atoms with Crippen LogP contribution >= 0.6 is 11.6 Å². The van der Waals surface area contributed by atoms with Crippen LogP contribution in [0.5, 0.6) is 0 Å². The number of anilines is 1. The molecule has 6 heteroatoms. The molecular weight excluding hydrogens is 326 g/mol. The molecule has 1 amide bonds. The summed E-state index contributed by atoms with van der Waals surface area (Å²) in [6, 6.07) is 15.2. The van der Waals surface area contributed by atoms with E-state index in [1.54, 1.807) is 18.3 Å². The van der Waals surface area contributed by atoms with Gasteiger partial charge in [0.1, 0.15) is 0 Å². The van der Waals surface area contributed by atoms with E-state index in [1.165, 1.54) is 0 Å². The zero-order valence-corrected chi connectivity index (χ0v) is 14.5. The lowest BCUT2D eigenvalue weighted by atomic mass is 10.2. The predicted octanol–water partition coefficient (Wildman–Crippen LogP) is 3.07. The summed E-state index contributed by atoms with van der Waals surface area (Å²) in [5.41, 5.74) is 2.94. The lowest BCUT2D eigenvalue weighted by molar-refractivity contribution is -0.125. The number of hydrogen-bond acceptors (Lipinski definition) is 4. The molecule has 2 aromatic carbocycles. The number of amides is 1. The number of rotatable bonds is 7. The summed E-state index contributed by atoms with van der Waals surface area (Å²) in [4.78, 5) is 18.7. The fourth-order valence-electron chi connectivity index (χ4n) is 1.95. The van der Waals surface area contributed by atoms with E-state index in [2.05, 4.69) is 10.5 Å². The average Bonchev–Trinajstić information content (AvgIpc) is 2.57. The van der Waals surface area contributed by atoms with Gasteiger partial charge in [-0.05, 0) is 35.4 Å². The summed E-state index contributed by atoms with van der Waals surface area (Å²) in [6.45, 7) is 0.269. The SMILES string of the molecule is CN(C)c1ccc(/C=N/OCC(=O)NCc2cccc(Cl)c2)cc1. The van der Waals surface area contributed by atoms with Gasteiger partial charge in [0.25, 0.3) is 5.91 Å². The average molecular weight is 346 g/mol. The van der Waals surface area contributed by atoms with Crippen LogP contribution in [0.4, 0.5) is 5.69 Å². The van der Waals surface area contributed by atoms with E-state index in [0.717, 1.165) is 16.8 Å². The van der Waals surface area contributed by atoms with Crippen LogP contribution in [-0.4, -0.2) is 32.8 Å². The highest BCUT2D eigenvalue weighted by molar-refractivity contribution is 6.30. The number of nitrogens with zero attached hydrogens (tertiary/aromatic N) is 2. The van der Waals surface area contributed by atoms with Gasteiger partial charge in [0.2, 0.25) is 0 Å². The molecule has 0 spiro atoms. The first-order valence-corrected chi connectivity index (χ1v) is 7.86. The van der Waals surface area contributed by atoms with Crippen LogP contribution in [0.1, 0.15) is 11.1 Å². The Hall–Kier alpha value is -2.53. The standard InChI is InChI=1S/C18H20ClN3O2/c1-22(2)17-8-6-14(7-9-17)12-21-24-13-18(23)20-11-15-4-3-5-16(19)10-15/h3-10,12H,11,13H2,1-2H3,(H,20,23)/b21-12+. The van der Waals surface area contributed by atoms with Gasteiger partial charge >= 0.3 is 0 Å². The minimum atomic E-state index is -0.241. The fourth-order valence-corrected chi connectivity index (χ4v) is 2.16. The normalized spacial score (nSPS) is 10.6. The molecule has 0 bridgehead atoms. The third-order valence-electron chi connectivity index (χ3n) is 3.26. The van der Waals surface area contributed by atoms with Gasteiger partial charge < -0.3 is 15.1 Å². The molecule has 0 saturated heterocycles. The Morgan fingerprint density at radius 2 is 2.00 bits per heavy atom. The summed E-state index contributed by atoms with van der Waals surface area (Å²) >= 11 is 5.89. The number of carbonyl (C=O) groups excluding carboxylic acids is 1. The molecule has 0 aliphatic carbocycles. The van der Waals surface area contributed by atoms with E-state index in [0.29, 0.717) is 11.6 Å². The van der Waals surface area contributed by atoms with Crippen molar-refractivity contribution in [1.29, 1.82) is 0 Å². The molecule has 24 heavy (non-hydrogen) atoms. The summed E-state index contributed by atoms with van der Waals surface area (Å²) in [7, 11) is 3.96. The molecule has 5 nitrogen and oxygen atoms in total. The first kappa shape index (κ1) is 17.8. The molecule has 126 valence electrons. The van der Waals surface area contributed by atoms with Gasteiger partial charge in [0, 0.05) is 31.4 Å².